The molecule has 0 atom stereocenters. The molecule has 21 heavy (non-hydrogen) atoms. The van der Waals surface area contributed by atoms with Crippen LogP contribution in [0.3, 0.4) is 0 Å². The van der Waals surface area contributed by atoms with Crippen molar-refractivity contribution < 1.29 is 14.3 Å². The number of carbonyl (C=O) groups excluding carboxylic acids is 2. The van der Waals surface area contributed by atoms with E-state index in [0.717, 1.165) is 11.3 Å². The maximum atomic E-state index is 12.0. The van der Waals surface area contributed by atoms with Crippen LogP contribution in [0.25, 0.3) is 0 Å². The van der Waals surface area contributed by atoms with Crippen molar-refractivity contribution >= 4 is 28.9 Å². The third-order valence-corrected chi connectivity index (χ3v) is 3.67. The van der Waals surface area contributed by atoms with Gasteiger partial charge in [0, 0.05) is 11.4 Å². The van der Waals surface area contributed by atoms with Gasteiger partial charge in [-0.25, -0.2) is 4.79 Å². The fourth-order valence-corrected chi connectivity index (χ4v) is 2.45. The summed E-state index contributed by atoms with van der Waals surface area (Å²) < 4.78 is 4.87. The molecule has 0 aliphatic carbocycles. The summed E-state index contributed by atoms with van der Waals surface area (Å²) in [5.41, 5.74) is 1.48. The van der Waals surface area contributed by atoms with E-state index in [2.05, 4.69) is 10.3 Å². The molecule has 110 valence electrons. The Labute approximate surface area is 124 Å². The number of nitrogens with one attached hydrogen (secondary N) is 2. The second kappa shape index (κ2) is 6.36. The van der Waals surface area contributed by atoms with Crippen molar-refractivity contribution in [3.8, 4) is 0 Å². The summed E-state index contributed by atoms with van der Waals surface area (Å²) in [5.74, 6) is -0.769. The lowest BCUT2D eigenvalue weighted by Crippen LogP contribution is -2.12. The Morgan fingerprint density at radius 2 is 1.95 bits per heavy atom. The van der Waals surface area contributed by atoms with E-state index in [1.54, 1.807) is 38.1 Å². The first-order valence-electron chi connectivity index (χ1n) is 6.29. The minimum absolute atomic E-state index is 0.268. The highest BCUT2D eigenvalue weighted by Gasteiger charge is 2.13. The van der Waals surface area contributed by atoms with E-state index in [1.165, 1.54) is 0 Å². The Bertz CT molecular complexity index is 715. The van der Waals surface area contributed by atoms with Crippen molar-refractivity contribution in [3.05, 3.63) is 50.1 Å². The lowest BCUT2D eigenvalue weighted by Gasteiger charge is -2.05. The van der Waals surface area contributed by atoms with Crippen LogP contribution in [0.1, 0.15) is 32.6 Å². The van der Waals surface area contributed by atoms with Gasteiger partial charge in [0.2, 0.25) is 0 Å². The first kappa shape index (κ1) is 15.0. The van der Waals surface area contributed by atoms with E-state index >= 15 is 0 Å². The molecule has 0 aliphatic heterocycles. The van der Waals surface area contributed by atoms with E-state index in [1.807, 2.05) is 0 Å². The van der Waals surface area contributed by atoms with Crippen LogP contribution in [-0.4, -0.2) is 23.5 Å². The maximum absolute atomic E-state index is 12.0. The molecule has 1 amide bonds. The number of hydrogen-bond acceptors (Lipinski definition) is 5. The molecule has 1 heterocycles. The van der Waals surface area contributed by atoms with Crippen LogP contribution in [0.5, 0.6) is 0 Å². The highest BCUT2D eigenvalue weighted by atomic mass is 32.1. The third kappa shape index (κ3) is 3.57. The minimum Gasteiger partial charge on any atom is -0.462 e. The fourth-order valence-electron chi connectivity index (χ4n) is 1.71. The molecule has 0 unspecified atom stereocenters. The quantitative estimate of drug-likeness (QED) is 0.847. The van der Waals surface area contributed by atoms with E-state index in [9.17, 15) is 14.4 Å². The minimum atomic E-state index is -0.407. The van der Waals surface area contributed by atoms with E-state index in [0.29, 0.717) is 28.4 Å². The van der Waals surface area contributed by atoms with Crippen LogP contribution in [0.15, 0.2) is 29.1 Å². The largest absolute Gasteiger partial charge is 0.462 e. The number of amides is 1. The summed E-state index contributed by atoms with van der Waals surface area (Å²) in [5, 5.41) is 2.67. The maximum Gasteiger partial charge on any atom is 0.338 e. The molecule has 1 aromatic carbocycles. The molecule has 0 fully saturated rings. The molecule has 6 nitrogen and oxygen atoms in total. The number of rotatable bonds is 4. The fraction of sp³-hybridized carbons (Fsp3) is 0.214. The van der Waals surface area contributed by atoms with Crippen LogP contribution < -0.4 is 10.2 Å². The number of esters is 1. The van der Waals surface area contributed by atoms with Crippen molar-refractivity contribution in [2.75, 3.05) is 11.9 Å². The predicted octanol–water partition coefficient (Wildman–Crippen LogP) is 2.17. The molecule has 2 rings (SSSR count). The number of aromatic amines is 1. The topological polar surface area (TPSA) is 88.3 Å². The lowest BCUT2D eigenvalue weighted by atomic mass is 10.2. The summed E-state index contributed by atoms with van der Waals surface area (Å²) in [4.78, 5) is 37.3. The number of ether oxygens (including phenoxy) is 1. The highest BCUT2D eigenvalue weighted by molar-refractivity contribution is 7.11. The van der Waals surface area contributed by atoms with Gasteiger partial charge < -0.3 is 15.0 Å². The van der Waals surface area contributed by atoms with Crippen molar-refractivity contribution in [1.29, 1.82) is 0 Å². The molecule has 0 bridgehead atoms. The Balaban J connectivity index is 2.10. The highest BCUT2D eigenvalue weighted by Crippen LogP contribution is 2.14. The van der Waals surface area contributed by atoms with Gasteiger partial charge in [-0.2, -0.15) is 0 Å². The Hall–Kier alpha value is -2.41. The summed E-state index contributed by atoms with van der Waals surface area (Å²) in [6.07, 6.45) is 0. The van der Waals surface area contributed by atoms with E-state index in [4.69, 9.17) is 4.74 Å². The van der Waals surface area contributed by atoms with Gasteiger partial charge in [-0.15, -0.1) is 0 Å². The summed E-state index contributed by atoms with van der Waals surface area (Å²) >= 11 is 0.859. The predicted molar refractivity (Wildman–Crippen MR) is 80.0 cm³/mol. The van der Waals surface area contributed by atoms with Gasteiger partial charge in [-0.3, -0.25) is 9.59 Å². The van der Waals surface area contributed by atoms with Gasteiger partial charge in [-0.05, 0) is 38.1 Å². The molecule has 0 radical (unpaired) electrons. The third-order valence-electron chi connectivity index (χ3n) is 2.69. The summed E-state index contributed by atoms with van der Waals surface area (Å²) in [6.45, 7) is 3.71. The number of H-pyrrole nitrogens is 1. The molecule has 7 heteroatoms. The molecule has 0 saturated heterocycles. The van der Waals surface area contributed by atoms with Gasteiger partial charge in [0.05, 0.1) is 12.2 Å². The number of hydrogen-bond donors (Lipinski definition) is 2. The van der Waals surface area contributed by atoms with Crippen molar-refractivity contribution in [2.45, 2.75) is 13.8 Å². The molecule has 0 saturated carbocycles. The summed E-state index contributed by atoms with van der Waals surface area (Å²) in [7, 11) is 0. The van der Waals surface area contributed by atoms with Gasteiger partial charge in [0.15, 0.2) is 0 Å². The van der Waals surface area contributed by atoms with Crippen LogP contribution >= 0.6 is 11.3 Å². The van der Waals surface area contributed by atoms with Crippen molar-refractivity contribution in [2.24, 2.45) is 0 Å². The van der Waals surface area contributed by atoms with Crippen LogP contribution in [0.4, 0.5) is 5.69 Å². The van der Waals surface area contributed by atoms with Crippen molar-refractivity contribution in [3.63, 3.8) is 0 Å². The monoisotopic (exact) mass is 306 g/mol. The molecule has 0 aliphatic rings. The van der Waals surface area contributed by atoms with Crippen LogP contribution in [0, 0.1) is 6.92 Å². The Morgan fingerprint density at radius 3 is 2.48 bits per heavy atom. The zero-order chi connectivity index (χ0) is 15.4. The zero-order valence-corrected chi connectivity index (χ0v) is 12.4. The van der Waals surface area contributed by atoms with Crippen LogP contribution in [-0.2, 0) is 4.74 Å². The second-order valence-electron chi connectivity index (χ2n) is 4.22. The summed E-state index contributed by atoms with van der Waals surface area (Å²) in [6, 6.07) is 6.35. The lowest BCUT2D eigenvalue weighted by molar-refractivity contribution is 0.0526. The molecule has 1 aromatic heterocycles. The zero-order valence-electron chi connectivity index (χ0n) is 11.6. The van der Waals surface area contributed by atoms with Gasteiger partial charge >= 0.3 is 10.8 Å². The molecule has 2 aromatic rings. The van der Waals surface area contributed by atoms with E-state index < -0.39 is 5.97 Å². The first-order valence-corrected chi connectivity index (χ1v) is 7.11. The molecular formula is C14H14N2O4S. The second-order valence-corrected chi connectivity index (χ2v) is 5.20. The van der Waals surface area contributed by atoms with Gasteiger partial charge in [-0.1, -0.05) is 11.3 Å². The number of aromatic nitrogens is 1. The Kier molecular flexibility index (Phi) is 4.54. The average Bonchev–Trinajstić information content (AvgIpc) is 2.79. The van der Waals surface area contributed by atoms with Crippen LogP contribution in [0.2, 0.25) is 0 Å². The normalized spacial score (nSPS) is 10.2. The number of anilines is 1. The average molecular weight is 306 g/mol. The van der Waals surface area contributed by atoms with Gasteiger partial charge in [0.1, 0.15) is 4.88 Å². The molecule has 0 spiro atoms. The first-order chi connectivity index (χ1) is 10.0. The number of aryl methyl sites for hydroxylation is 1. The number of thiazole rings is 1. The standard InChI is InChI=1S/C14H14N2O4S/c1-3-20-13(18)9-4-6-10(7-5-9)16-12(17)11-8(2)15-14(19)21-11/h4-7H,3H2,1-2H3,(H,15,19)(H,16,17). The molecular weight excluding hydrogens is 292 g/mol. The van der Waals surface area contributed by atoms with Crippen molar-refractivity contribution in [1.82, 2.24) is 4.98 Å². The Morgan fingerprint density at radius 1 is 1.29 bits per heavy atom. The SMILES string of the molecule is CCOC(=O)c1ccc(NC(=O)c2sc(=O)[nH]c2C)cc1. The van der Waals surface area contributed by atoms with E-state index in [-0.39, 0.29) is 10.8 Å². The van der Waals surface area contributed by atoms with Gasteiger partial charge in [0.25, 0.3) is 5.91 Å². The number of benzene rings is 1. The smallest absolute Gasteiger partial charge is 0.338 e. The number of carbonyl (C=O) groups is 2. The molecule has 2 N–H and O–H groups in total.